The van der Waals surface area contributed by atoms with Crippen molar-refractivity contribution in [1.29, 1.82) is 0 Å². The zero-order valence-corrected chi connectivity index (χ0v) is 9.91. The molecule has 0 bridgehead atoms. The monoisotopic (exact) mass is 230 g/mol. The number of carbonyl (C=O) groups excluding carboxylic acids is 1. The average molecular weight is 230 g/mol. The topological polar surface area (TPSA) is 41.1 Å². The molecule has 1 unspecified atom stereocenters. The van der Waals surface area contributed by atoms with Crippen LogP contribution in [0.25, 0.3) is 0 Å². The van der Waals surface area contributed by atoms with E-state index in [0.717, 1.165) is 25.0 Å². The number of amides is 1. The largest absolute Gasteiger partial charge is 0.378 e. The highest BCUT2D eigenvalue weighted by Gasteiger charge is 2.23. The van der Waals surface area contributed by atoms with E-state index in [-0.39, 0.29) is 11.9 Å². The predicted octanol–water partition coefficient (Wildman–Crippen LogP) is 1.61. The lowest BCUT2D eigenvalue weighted by Crippen LogP contribution is -2.40. The molecule has 1 fully saturated rings. The van der Waals surface area contributed by atoms with Crippen LogP contribution in [-0.4, -0.2) is 18.5 Å². The lowest BCUT2D eigenvalue weighted by Gasteiger charge is -2.11. The molecule has 0 saturated carbocycles. The molecule has 1 saturated heterocycles. The first-order valence-corrected chi connectivity index (χ1v) is 6.01. The van der Waals surface area contributed by atoms with Crippen LogP contribution in [0.2, 0.25) is 0 Å². The van der Waals surface area contributed by atoms with E-state index in [1.165, 1.54) is 5.56 Å². The fourth-order valence-electron chi connectivity index (χ4n) is 2.00. The second-order valence-electron chi connectivity index (χ2n) is 4.37. The first kappa shape index (κ1) is 11.7. The highest BCUT2D eigenvalue weighted by Crippen LogP contribution is 2.13. The zero-order chi connectivity index (χ0) is 12.1. The summed E-state index contributed by atoms with van der Waals surface area (Å²) in [5.74, 6) is 0.0829. The third kappa shape index (κ3) is 3.34. The van der Waals surface area contributed by atoms with Crippen molar-refractivity contribution in [2.75, 3.05) is 6.54 Å². The molecule has 3 heteroatoms. The van der Waals surface area contributed by atoms with E-state index < -0.39 is 0 Å². The number of nitrogens with one attached hydrogen (secondary N) is 2. The number of hydrogen-bond acceptors (Lipinski definition) is 2. The molecule has 1 heterocycles. The van der Waals surface area contributed by atoms with Crippen molar-refractivity contribution >= 4 is 5.91 Å². The number of allylic oxidation sites excluding steroid dienone is 1. The van der Waals surface area contributed by atoms with Crippen LogP contribution in [-0.2, 0) is 11.2 Å². The molecule has 2 N–H and O–H groups in total. The molecule has 1 amide bonds. The summed E-state index contributed by atoms with van der Waals surface area (Å²) in [6.07, 6.45) is 2.63. The molecule has 1 aliphatic rings. The first-order chi connectivity index (χ1) is 8.25. The van der Waals surface area contributed by atoms with Gasteiger partial charge in [-0.3, -0.25) is 4.79 Å². The van der Waals surface area contributed by atoms with Crippen LogP contribution in [0.15, 0.2) is 42.6 Å². The van der Waals surface area contributed by atoms with Crippen molar-refractivity contribution in [1.82, 2.24) is 10.6 Å². The van der Waals surface area contributed by atoms with Gasteiger partial charge < -0.3 is 10.6 Å². The van der Waals surface area contributed by atoms with E-state index >= 15 is 0 Å². The second kappa shape index (κ2) is 5.53. The van der Waals surface area contributed by atoms with Crippen LogP contribution in [0.1, 0.15) is 18.4 Å². The third-order valence-electron chi connectivity index (χ3n) is 2.99. The SMILES string of the molecule is C=C1CCC(C(=O)NCCc2ccccc2)N1. The Morgan fingerprint density at radius 1 is 1.41 bits per heavy atom. The third-order valence-corrected chi connectivity index (χ3v) is 2.99. The molecule has 0 radical (unpaired) electrons. The maximum Gasteiger partial charge on any atom is 0.242 e. The van der Waals surface area contributed by atoms with E-state index in [2.05, 4.69) is 29.3 Å². The van der Waals surface area contributed by atoms with Crippen LogP contribution >= 0.6 is 0 Å². The van der Waals surface area contributed by atoms with Gasteiger partial charge in [0.2, 0.25) is 5.91 Å². The van der Waals surface area contributed by atoms with Gasteiger partial charge in [0.25, 0.3) is 0 Å². The maximum atomic E-state index is 11.8. The normalized spacial score (nSPS) is 18.8. The van der Waals surface area contributed by atoms with Gasteiger partial charge in [0.05, 0.1) is 0 Å². The summed E-state index contributed by atoms with van der Waals surface area (Å²) < 4.78 is 0. The average Bonchev–Trinajstić information content (AvgIpc) is 2.77. The van der Waals surface area contributed by atoms with Gasteiger partial charge in [0.1, 0.15) is 6.04 Å². The van der Waals surface area contributed by atoms with Crippen molar-refractivity contribution in [3.05, 3.63) is 48.2 Å². The molecule has 17 heavy (non-hydrogen) atoms. The molecular weight excluding hydrogens is 212 g/mol. The highest BCUT2D eigenvalue weighted by atomic mass is 16.2. The Hall–Kier alpha value is -1.77. The van der Waals surface area contributed by atoms with Crippen LogP contribution in [0.4, 0.5) is 0 Å². The van der Waals surface area contributed by atoms with Crippen molar-refractivity contribution in [2.45, 2.75) is 25.3 Å². The fraction of sp³-hybridized carbons (Fsp3) is 0.357. The zero-order valence-electron chi connectivity index (χ0n) is 9.91. The minimum atomic E-state index is -0.0849. The maximum absolute atomic E-state index is 11.8. The Labute approximate surface area is 102 Å². The molecule has 1 aromatic rings. The number of carbonyl (C=O) groups is 1. The van der Waals surface area contributed by atoms with Crippen molar-refractivity contribution in [2.24, 2.45) is 0 Å². The summed E-state index contributed by atoms with van der Waals surface area (Å²) in [5.41, 5.74) is 2.21. The van der Waals surface area contributed by atoms with Crippen molar-refractivity contribution in [3.63, 3.8) is 0 Å². The van der Waals surface area contributed by atoms with E-state index in [0.29, 0.717) is 6.54 Å². The smallest absolute Gasteiger partial charge is 0.242 e. The quantitative estimate of drug-likeness (QED) is 0.825. The Balaban J connectivity index is 1.72. The van der Waals surface area contributed by atoms with Crippen LogP contribution in [0.3, 0.4) is 0 Å². The molecule has 1 atom stereocenters. The van der Waals surface area contributed by atoms with Crippen LogP contribution < -0.4 is 10.6 Å². The summed E-state index contributed by atoms with van der Waals surface area (Å²) in [6, 6.07) is 10.1. The standard InChI is InChI=1S/C14H18N2O/c1-11-7-8-13(16-11)14(17)15-10-9-12-5-3-2-4-6-12/h2-6,13,16H,1,7-10H2,(H,15,17). The molecule has 90 valence electrons. The van der Waals surface area contributed by atoms with E-state index in [4.69, 9.17) is 0 Å². The minimum Gasteiger partial charge on any atom is -0.378 e. The molecule has 1 aromatic carbocycles. The van der Waals surface area contributed by atoms with Gasteiger partial charge in [0, 0.05) is 12.2 Å². The molecule has 0 aromatic heterocycles. The van der Waals surface area contributed by atoms with E-state index in [1.807, 2.05) is 18.2 Å². The fourth-order valence-corrected chi connectivity index (χ4v) is 2.00. The summed E-state index contributed by atoms with van der Waals surface area (Å²) in [6.45, 7) is 4.51. The Kier molecular flexibility index (Phi) is 3.81. The van der Waals surface area contributed by atoms with Crippen molar-refractivity contribution < 1.29 is 4.79 Å². The lowest BCUT2D eigenvalue weighted by molar-refractivity contribution is -0.122. The van der Waals surface area contributed by atoms with Gasteiger partial charge in [-0.05, 0) is 24.8 Å². The molecule has 2 rings (SSSR count). The summed E-state index contributed by atoms with van der Waals surface area (Å²) in [5, 5.41) is 6.05. The van der Waals surface area contributed by atoms with E-state index in [1.54, 1.807) is 0 Å². The van der Waals surface area contributed by atoms with Gasteiger partial charge in [-0.15, -0.1) is 0 Å². The number of rotatable bonds is 4. The molecular formula is C14H18N2O. The van der Waals surface area contributed by atoms with Gasteiger partial charge in [-0.2, -0.15) is 0 Å². The molecule has 0 spiro atoms. The van der Waals surface area contributed by atoms with Gasteiger partial charge in [-0.25, -0.2) is 0 Å². The Morgan fingerprint density at radius 3 is 2.82 bits per heavy atom. The van der Waals surface area contributed by atoms with Gasteiger partial charge in [0.15, 0.2) is 0 Å². The highest BCUT2D eigenvalue weighted by molar-refractivity contribution is 5.82. The van der Waals surface area contributed by atoms with Gasteiger partial charge >= 0.3 is 0 Å². The summed E-state index contributed by atoms with van der Waals surface area (Å²) in [4.78, 5) is 11.8. The molecule has 1 aliphatic heterocycles. The molecule has 0 aliphatic carbocycles. The molecule has 3 nitrogen and oxygen atoms in total. The van der Waals surface area contributed by atoms with Gasteiger partial charge in [-0.1, -0.05) is 36.9 Å². The summed E-state index contributed by atoms with van der Waals surface area (Å²) in [7, 11) is 0. The first-order valence-electron chi connectivity index (χ1n) is 6.01. The summed E-state index contributed by atoms with van der Waals surface area (Å²) >= 11 is 0. The number of hydrogen-bond donors (Lipinski definition) is 2. The van der Waals surface area contributed by atoms with Crippen LogP contribution in [0.5, 0.6) is 0 Å². The number of benzene rings is 1. The Morgan fingerprint density at radius 2 is 2.18 bits per heavy atom. The van der Waals surface area contributed by atoms with E-state index in [9.17, 15) is 4.79 Å². The lowest BCUT2D eigenvalue weighted by atomic mass is 10.1. The second-order valence-corrected chi connectivity index (χ2v) is 4.37. The van der Waals surface area contributed by atoms with Crippen molar-refractivity contribution in [3.8, 4) is 0 Å². The predicted molar refractivity (Wildman–Crippen MR) is 68.5 cm³/mol. The van der Waals surface area contributed by atoms with Crippen LogP contribution in [0, 0.1) is 0 Å². The minimum absolute atomic E-state index is 0.0829. The Bertz CT molecular complexity index is 400.